The Bertz CT molecular complexity index is 573. The summed E-state index contributed by atoms with van der Waals surface area (Å²) in [5, 5.41) is 0. The van der Waals surface area contributed by atoms with Crippen LogP contribution in [0.4, 0.5) is 0 Å². The zero-order valence-corrected chi connectivity index (χ0v) is 19.6. The number of hydrogen-bond acceptors (Lipinski definition) is 6. The molecule has 0 N–H and O–H groups in total. The average Bonchev–Trinajstić information content (AvgIpc) is 2.65. The van der Waals surface area contributed by atoms with Crippen LogP contribution in [-0.4, -0.2) is 37.7 Å². The molecule has 4 rings (SSSR count). The molecule has 4 fully saturated rings. The predicted octanol–water partition coefficient (Wildman–Crippen LogP) is 4.97. The summed E-state index contributed by atoms with van der Waals surface area (Å²) in [6.07, 6.45) is 13.8. The molecule has 0 spiro atoms. The van der Waals surface area contributed by atoms with Gasteiger partial charge in [0, 0.05) is 20.8 Å². The second-order valence-corrected chi connectivity index (χ2v) is 10.8. The van der Waals surface area contributed by atoms with E-state index in [4.69, 9.17) is 14.2 Å². The summed E-state index contributed by atoms with van der Waals surface area (Å²) in [6.45, 7) is 5.96. The highest BCUT2D eigenvalue weighted by Crippen LogP contribution is 2.73. The van der Waals surface area contributed by atoms with Gasteiger partial charge in [-0.3, -0.25) is 14.4 Å². The number of ether oxygens (including phenoxy) is 3. The van der Waals surface area contributed by atoms with Crippen molar-refractivity contribution in [3.63, 3.8) is 0 Å². The molecule has 4 aliphatic carbocycles. The van der Waals surface area contributed by atoms with Gasteiger partial charge in [-0.05, 0) is 99.2 Å². The van der Waals surface area contributed by atoms with Gasteiger partial charge in [0.15, 0.2) is 0 Å². The first-order chi connectivity index (χ1) is 14.7. The summed E-state index contributed by atoms with van der Waals surface area (Å²) in [5.41, 5.74) is 1.01. The number of carbonyl (C=O) groups excluding carboxylic acids is 3. The molecule has 0 aromatic heterocycles. The van der Waals surface area contributed by atoms with Gasteiger partial charge in [0.05, 0.1) is 19.8 Å². The fraction of sp³-hybridized carbons (Fsp3) is 0.880. The Hall–Kier alpha value is -1.59. The van der Waals surface area contributed by atoms with E-state index in [2.05, 4.69) is 0 Å². The van der Waals surface area contributed by atoms with E-state index in [9.17, 15) is 14.4 Å². The smallest absolute Gasteiger partial charge is 0.302 e. The van der Waals surface area contributed by atoms with Crippen molar-refractivity contribution >= 4 is 17.9 Å². The molecule has 0 aliphatic heterocycles. The lowest BCUT2D eigenvalue weighted by Gasteiger charge is -2.67. The van der Waals surface area contributed by atoms with Crippen LogP contribution >= 0.6 is 0 Å². The van der Waals surface area contributed by atoms with Gasteiger partial charge in [-0.25, -0.2) is 0 Å². The first-order valence-electron chi connectivity index (χ1n) is 12.1. The van der Waals surface area contributed by atoms with E-state index in [1.165, 1.54) is 59.3 Å². The van der Waals surface area contributed by atoms with Crippen molar-refractivity contribution in [2.45, 2.75) is 97.8 Å². The summed E-state index contributed by atoms with van der Waals surface area (Å²) >= 11 is 0. The summed E-state index contributed by atoms with van der Waals surface area (Å²) < 4.78 is 15.7. The first-order valence-corrected chi connectivity index (χ1v) is 12.1. The topological polar surface area (TPSA) is 78.9 Å². The summed E-state index contributed by atoms with van der Waals surface area (Å²) in [5.74, 6) is 0.158. The molecule has 31 heavy (non-hydrogen) atoms. The van der Waals surface area contributed by atoms with Crippen LogP contribution in [0.25, 0.3) is 0 Å². The van der Waals surface area contributed by atoms with Gasteiger partial charge < -0.3 is 14.2 Å². The van der Waals surface area contributed by atoms with Gasteiger partial charge >= 0.3 is 17.9 Å². The van der Waals surface area contributed by atoms with Crippen molar-refractivity contribution in [3.8, 4) is 0 Å². The Kier molecular flexibility index (Phi) is 7.69. The molecular weight excluding hydrogens is 396 g/mol. The van der Waals surface area contributed by atoms with Crippen LogP contribution in [0.3, 0.4) is 0 Å². The average molecular weight is 437 g/mol. The van der Waals surface area contributed by atoms with E-state index in [-0.39, 0.29) is 17.9 Å². The molecule has 6 nitrogen and oxygen atoms in total. The number of rotatable bonds is 12. The maximum atomic E-state index is 11.2. The zero-order valence-electron chi connectivity index (χ0n) is 19.6. The summed E-state index contributed by atoms with van der Waals surface area (Å²) in [4.78, 5) is 33.5. The Morgan fingerprint density at radius 1 is 0.613 bits per heavy atom. The highest BCUT2D eigenvalue weighted by Gasteiger charge is 2.61. The lowest BCUT2D eigenvalue weighted by Crippen LogP contribution is -2.57. The van der Waals surface area contributed by atoms with E-state index >= 15 is 0 Å². The van der Waals surface area contributed by atoms with E-state index < -0.39 is 0 Å². The molecule has 0 heterocycles. The fourth-order valence-electron chi connectivity index (χ4n) is 7.89. The van der Waals surface area contributed by atoms with Crippen molar-refractivity contribution in [1.29, 1.82) is 0 Å². The molecule has 0 unspecified atom stereocenters. The molecule has 4 bridgehead atoms. The second-order valence-electron chi connectivity index (χ2n) is 10.8. The number of carbonyl (C=O) groups is 3. The molecule has 176 valence electrons. The van der Waals surface area contributed by atoms with Crippen LogP contribution in [0.2, 0.25) is 0 Å². The third kappa shape index (κ3) is 6.45. The van der Waals surface area contributed by atoms with Gasteiger partial charge in [0.2, 0.25) is 0 Å². The largest absolute Gasteiger partial charge is 0.466 e. The molecular formula is C25H40O6. The number of hydrogen-bond donors (Lipinski definition) is 0. The highest BCUT2D eigenvalue weighted by molar-refractivity contribution is 5.66. The van der Waals surface area contributed by atoms with E-state index in [0.717, 1.165) is 44.4 Å². The van der Waals surface area contributed by atoms with Gasteiger partial charge in [-0.15, -0.1) is 0 Å². The number of esters is 3. The molecule has 0 aromatic rings. The van der Waals surface area contributed by atoms with Crippen LogP contribution in [0.1, 0.15) is 97.8 Å². The zero-order chi connectivity index (χ0) is 22.5. The fourth-order valence-corrected chi connectivity index (χ4v) is 7.89. The summed E-state index contributed by atoms with van der Waals surface area (Å²) in [6, 6.07) is 0. The Labute approximate surface area is 186 Å². The van der Waals surface area contributed by atoms with E-state index in [1.807, 2.05) is 0 Å². The van der Waals surface area contributed by atoms with Crippen LogP contribution < -0.4 is 0 Å². The lowest BCUT2D eigenvalue weighted by molar-refractivity contribution is -0.172. The molecule has 0 saturated heterocycles. The summed E-state index contributed by atoms with van der Waals surface area (Å²) in [7, 11) is 0. The van der Waals surface area contributed by atoms with Crippen molar-refractivity contribution in [3.05, 3.63) is 0 Å². The second kappa shape index (κ2) is 9.91. The van der Waals surface area contributed by atoms with Crippen LogP contribution in [0, 0.1) is 22.2 Å². The minimum atomic E-state index is -0.200. The van der Waals surface area contributed by atoms with Crippen molar-refractivity contribution in [2.75, 3.05) is 19.8 Å². The Morgan fingerprint density at radius 3 is 1.16 bits per heavy atom. The minimum Gasteiger partial charge on any atom is -0.466 e. The van der Waals surface area contributed by atoms with Crippen LogP contribution in [0.15, 0.2) is 0 Å². The Balaban J connectivity index is 1.67. The monoisotopic (exact) mass is 436 g/mol. The molecule has 0 aromatic carbocycles. The lowest BCUT2D eigenvalue weighted by atomic mass is 9.37. The normalized spacial score (nSPS) is 33.2. The molecule has 4 saturated carbocycles. The van der Waals surface area contributed by atoms with Gasteiger partial charge in [-0.1, -0.05) is 0 Å². The third-order valence-electron chi connectivity index (χ3n) is 7.89. The van der Waals surface area contributed by atoms with E-state index in [0.29, 0.717) is 36.1 Å². The standard InChI is InChI=1S/C25H40O6/c1-19(26)29-10-4-7-23-13-22-14-24(16-23,8-5-11-30-20(2)27)18-25(15-22,17-23)9-6-12-31-21(3)28/h22H,4-18H2,1-3H3. The maximum Gasteiger partial charge on any atom is 0.302 e. The molecule has 0 atom stereocenters. The predicted molar refractivity (Wildman–Crippen MR) is 116 cm³/mol. The quantitative estimate of drug-likeness (QED) is 0.244. The van der Waals surface area contributed by atoms with Crippen molar-refractivity contribution in [2.24, 2.45) is 22.2 Å². The van der Waals surface area contributed by atoms with Crippen molar-refractivity contribution in [1.82, 2.24) is 0 Å². The SMILES string of the molecule is CC(=O)OCCCC12CC3CC(CCCOC(C)=O)(C1)CC(CCCOC(C)=O)(C3)C2. The van der Waals surface area contributed by atoms with Gasteiger partial charge in [0.25, 0.3) is 0 Å². The first kappa shape index (κ1) is 24.1. The van der Waals surface area contributed by atoms with Crippen molar-refractivity contribution < 1.29 is 28.6 Å². The molecule has 0 radical (unpaired) electrons. The minimum absolute atomic E-state index is 0.200. The maximum absolute atomic E-state index is 11.2. The van der Waals surface area contributed by atoms with Crippen LogP contribution in [-0.2, 0) is 28.6 Å². The Morgan fingerprint density at radius 2 is 0.903 bits per heavy atom. The molecule has 4 aliphatic rings. The third-order valence-corrected chi connectivity index (χ3v) is 7.89. The highest BCUT2D eigenvalue weighted by atomic mass is 16.5. The van der Waals surface area contributed by atoms with Gasteiger partial charge in [-0.2, -0.15) is 0 Å². The van der Waals surface area contributed by atoms with Gasteiger partial charge in [0.1, 0.15) is 0 Å². The molecule has 6 heteroatoms. The molecule has 0 amide bonds. The van der Waals surface area contributed by atoms with Crippen LogP contribution in [0.5, 0.6) is 0 Å². The van der Waals surface area contributed by atoms with E-state index in [1.54, 1.807) is 0 Å².